The molecule has 0 aliphatic rings. The Morgan fingerprint density at radius 2 is 1.87 bits per heavy atom. The van der Waals surface area contributed by atoms with Crippen molar-refractivity contribution in [3.05, 3.63) is 23.2 Å². The maximum Gasteiger partial charge on any atom is 0.573 e. The highest BCUT2D eigenvalue weighted by molar-refractivity contribution is 6.62. The molecular weight excluding hydrogens is 235 g/mol. The zero-order chi connectivity index (χ0) is 11.6. The Morgan fingerprint density at radius 3 is 2.33 bits per heavy atom. The van der Waals surface area contributed by atoms with E-state index in [4.69, 9.17) is 21.6 Å². The van der Waals surface area contributed by atoms with Crippen LogP contribution in [0.3, 0.4) is 0 Å². The average Bonchev–Trinajstić information content (AvgIpc) is 2.05. The molecule has 0 spiro atoms. The van der Waals surface area contributed by atoms with Gasteiger partial charge < -0.3 is 14.8 Å². The lowest BCUT2D eigenvalue weighted by Gasteiger charge is -2.10. The van der Waals surface area contributed by atoms with Crippen LogP contribution in [-0.4, -0.2) is 23.5 Å². The van der Waals surface area contributed by atoms with E-state index in [-0.39, 0.29) is 10.5 Å². The second-order valence-corrected chi connectivity index (χ2v) is 3.01. The fourth-order valence-corrected chi connectivity index (χ4v) is 1.13. The van der Waals surface area contributed by atoms with E-state index in [1.165, 1.54) is 0 Å². The van der Waals surface area contributed by atoms with Crippen molar-refractivity contribution in [3.8, 4) is 5.75 Å². The second-order valence-electron chi connectivity index (χ2n) is 2.60. The van der Waals surface area contributed by atoms with Gasteiger partial charge in [-0.3, -0.25) is 0 Å². The Balaban J connectivity index is 2.98. The lowest BCUT2D eigenvalue weighted by molar-refractivity contribution is -0.274. The van der Waals surface area contributed by atoms with Gasteiger partial charge in [0.25, 0.3) is 0 Å². The van der Waals surface area contributed by atoms with E-state index >= 15 is 0 Å². The number of alkyl halides is 3. The van der Waals surface area contributed by atoms with Crippen molar-refractivity contribution in [1.82, 2.24) is 0 Å². The van der Waals surface area contributed by atoms with Gasteiger partial charge in [-0.2, -0.15) is 0 Å². The Bertz CT molecular complexity index is 356. The van der Waals surface area contributed by atoms with Crippen LogP contribution in [0.15, 0.2) is 18.2 Å². The first kappa shape index (κ1) is 12.2. The standard InChI is InChI=1S/C7H5BClF3O3/c9-6-2-1-4(15-7(10,11)12)3-5(6)8(13)14/h1-3,13-14H. The molecule has 0 aromatic heterocycles. The summed E-state index contributed by atoms with van der Waals surface area (Å²) in [5.41, 5.74) is -0.251. The van der Waals surface area contributed by atoms with Crippen LogP contribution in [0.1, 0.15) is 0 Å². The van der Waals surface area contributed by atoms with Crippen LogP contribution < -0.4 is 10.2 Å². The summed E-state index contributed by atoms with van der Waals surface area (Å²) >= 11 is 5.51. The minimum absolute atomic E-state index is 0.0560. The molecule has 2 N–H and O–H groups in total. The summed E-state index contributed by atoms with van der Waals surface area (Å²) in [5.74, 6) is -0.560. The first-order valence-corrected chi connectivity index (χ1v) is 4.09. The first-order chi connectivity index (χ1) is 6.79. The van der Waals surface area contributed by atoms with Gasteiger partial charge in [0.15, 0.2) is 0 Å². The molecule has 0 heterocycles. The van der Waals surface area contributed by atoms with Gasteiger partial charge in [0.2, 0.25) is 0 Å². The second kappa shape index (κ2) is 4.30. The van der Waals surface area contributed by atoms with Gasteiger partial charge in [-0.15, -0.1) is 13.2 Å². The lowest BCUT2D eigenvalue weighted by Crippen LogP contribution is -2.31. The van der Waals surface area contributed by atoms with Gasteiger partial charge >= 0.3 is 13.5 Å². The quantitative estimate of drug-likeness (QED) is 0.756. The number of benzene rings is 1. The predicted molar refractivity (Wildman–Crippen MR) is 48.0 cm³/mol. The molecular formula is C7H5BClF3O3. The molecule has 0 atom stereocenters. The van der Waals surface area contributed by atoms with Crippen molar-refractivity contribution in [3.63, 3.8) is 0 Å². The van der Waals surface area contributed by atoms with Crippen molar-refractivity contribution in [1.29, 1.82) is 0 Å². The molecule has 1 aromatic rings. The third-order valence-corrected chi connectivity index (χ3v) is 1.82. The molecule has 3 nitrogen and oxygen atoms in total. The van der Waals surface area contributed by atoms with E-state index in [0.717, 1.165) is 18.2 Å². The van der Waals surface area contributed by atoms with Crippen LogP contribution in [-0.2, 0) is 0 Å². The Kier molecular flexibility index (Phi) is 3.48. The smallest absolute Gasteiger partial charge is 0.423 e. The van der Waals surface area contributed by atoms with E-state index in [0.29, 0.717) is 0 Å². The van der Waals surface area contributed by atoms with Gasteiger partial charge in [-0.25, -0.2) is 0 Å². The highest BCUT2D eigenvalue weighted by Gasteiger charge is 2.31. The molecule has 0 aliphatic carbocycles. The molecule has 0 aliphatic heterocycles. The number of hydrogen-bond acceptors (Lipinski definition) is 3. The zero-order valence-corrected chi connectivity index (χ0v) is 7.88. The highest BCUT2D eigenvalue weighted by Crippen LogP contribution is 2.23. The van der Waals surface area contributed by atoms with E-state index in [1.54, 1.807) is 0 Å². The number of rotatable bonds is 2. The molecule has 8 heteroatoms. The van der Waals surface area contributed by atoms with Gasteiger partial charge in [-0.1, -0.05) is 11.6 Å². The molecule has 0 unspecified atom stereocenters. The summed E-state index contributed by atoms with van der Waals surface area (Å²) in [4.78, 5) is 0. The van der Waals surface area contributed by atoms with Crippen molar-refractivity contribution < 1.29 is 28.0 Å². The Morgan fingerprint density at radius 1 is 1.27 bits per heavy atom. The van der Waals surface area contributed by atoms with E-state index < -0.39 is 19.2 Å². The van der Waals surface area contributed by atoms with Gasteiger partial charge in [0.05, 0.1) is 0 Å². The summed E-state index contributed by atoms with van der Waals surface area (Å²) in [6.45, 7) is 0. The summed E-state index contributed by atoms with van der Waals surface area (Å²) in [5, 5.41) is 17.5. The van der Waals surface area contributed by atoms with Crippen molar-refractivity contribution in [2.45, 2.75) is 6.36 Å². The molecule has 0 fully saturated rings. The summed E-state index contributed by atoms with van der Waals surface area (Å²) in [7, 11) is -1.95. The monoisotopic (exact) mass is 240 g/mol. The van der Waals surface area contributed by atoms with Crippen molar-refractivity contribution >= 4 is 24.2 Å². The van der Waals surface area contributed by atoms with Crippen LogP contribution in [0, 0.1) is 0 Å². The molecule has 0 saturated carbocycles. The zero-order valence-electron chi connectivity index (χ0n) is 7.12. The third-order valence-electron chi connectivity index (χ3n) is 1.48. The topological polar surface area (TPSA) is 49.7 Å². The molecule has 82 valence electrons. The van der Waals surface area contributed by atoms with E-state index in [9.17, 15) is 13.2 Å². The van der Waals surface area contributed by atoms with Crippen LogP contribution in [0.2, 0.25) is 5.02 Å². The summed E-state index contributed by atoms with van der Waals surface area (Å²) < 4.78 is 39.0. The van der Waals surface area contributed by atoms with Crippen LogP contribution in [0.25, 0.3) is 0 Å². The normalized spacial score (nSPS) is 11.3. The van der Waals surface area contributed by atoms with Gasteiger partial charge in [-0.05, 0) is 18.2 Å². The Labute approximate surface area is 88.2 Å². The van der Waals surface area contributed by atoms with Crippen molar-refractivity contribution in [2.24, 2.45) is 0 Å². The van der Waals surface area contributed by atoms with Crippen LogP contribution in [0.5, 0.6) is 5.75 Å². The Hall–Kier alpha value is -0.915. The lowest BCUT2D eigenvalue weighted by atomic mass is 9.80. The summed E-state index contributed by atoms with van der Waals surface area (Å²) in [6.07, 6.45) is -4.83. The largest absolute Gasteiger partial charge is 0.573 e. The third kappa shape index (κ3) is 3.62. The number of halogens is 4. The van der Waals surface area contributed by atoms with Gasteiger partial charge in [0.1, 0.15) is 5.75 Å². The molecule has 0 saturated heterocycles. The maximum absolute atomic E-state index is 11.8. The SMILES string of the molecule is OB(O)c1cc(OC(F)(F)F)ccc1Cl. The average molecular weight is 240 g/mol. The molecule has 0 radical (unpaired) electrons. The molecule has 0 amide bonds. The van der Waals surface area contributed by atoms with Crippen molar-refractivity contribution in [2.75, 3.05) is 0 Å². The maximum atomic E-state index is 11.8. The first-order valence-electron chi connectivity index (χ1n) is 3.71. The number of ether oxygens (including phenoxy) is 1. The van der Waals surface area contributed by atoms with E-state index in [2.05, 4.69) is 4.74 Å². The van der Waals surface area contributed by atoms with Gasteiger partial charge in [0, 0.05) is 10.5 Å². The minimum Gasteiger partial charge on any atom is -0.423 e. The van der Waals surface area contributed by atoms with Crippen LogP contribution >= 0.6 is 11.6 Å². The molecule has 0 bridgehead atoms. The minimum atomic E-state index is -4.83. The van der Waals surface area contributed by atoms with Crippen LogP contribution in [0.4, 0.5) is 13.2 Å². The summed E-state index contributed by atoms with van der Waals surface area (Å²) in [6, 6.07) is 2.86. The molecule has 1 rings (SSSR count). The number of hydrogen-bond donors (Lipinski definition) is 2. The van der Waals surface area contributed by atoms with E-state index in [1.807, 2.05) is 0 Å². The fourth-order valence-electron chi connectivity index (χ4n) is 0.917. The fraction of sp³-hybridized carbons (Fsp3) is 0.143. The molecule has 1 aromatic carbocycles. The highest BCUT2D eigenvalue weighted by atomic mass is 35.5. The molecule has 15 heavy (non-hydrogen) atoms. The predicted octanol–water partition coefficient (Wildman–Crippen LogP) is 0.918.